The Morgan fingerprint density at radius 3 is 2.54 bits per heavy atom. The Balaban J connectivity index is 1.48. The molecule has 1 N–H and O–H groups in total. The van der Waals surface area contributed by atoms with Crippen molar-refractivity contribution in [2.24, 2.45) is 0 Å². The van der Waals surface area contributed by atoms with Gasteiger partial charge in [0.25, 0.3) is 0 Å². The number of carbonyl (C=O) groups excluding carboxylic acids is 1. The zero-order valence-electron chi connectivity index (χ0n) is 14.6. The smallest absolute Gasteiger partial charge is 0.238 e. The van der Waals surface area contributed by atoms with Gasteiger partial charge >= 0.3 is 0 Å². The van der Waals surface area contributed by atoms with Gasteiger partial charge in [0.2, 0.25) is 5.91 Å². The zero-order valence-corrected chi connectivity index (χ0v) is 15.4. The van der Waals surface area contributed by atoms with Gasteiger partial charge in [-0.3, -0.25) is 14.6 Å². The van der Waals surface area contributed by atoms with E-state index in [9.17, 15) is 9.18 Å². The first-order valence-corrected chi connectivity index (χ1v) is 9.21. The van der Waals surface area contributed by atoms with Crippen molar-refractivity contribution in [1.82, 2.24) is 9.80 Å². The highest BCUT2D eigenvalue weighted by Crippen LogP contribution is 2.18. The van der Waals surface area contributed by atoms with Crippen LogP contribution in [0.4, 0.5) is 10.1 Å². The minimum Gasteiger partial charge on any atom is -0.325 e. The number of anilines is 1. The normalized spacial score (nSPS) is 16.2. The highest BCUT2D eigenvalue weighted by Gasteiger charge is 2.17. The van der Waals surface area contributed by atoms with Crippen LogP contribution in [0.25, 0.3) is 0 Å². The summed E-state index contributed by atoms with van der Waals surface area (Å²) in [4.78, 5) is 16.7. The number of nitrogens with zero attached hydrogens (tertiary/aromatic N) is 2. The highest BCUT2D eigenvalue weighted by molar-refractivity contribution is 6.30. The van der Waals surface area contributed by atoms with Crippen LogP contribution in [0.2, 0.25) is 5.02 Å². The van der Waals surface area contributed by atoms with E-state index in [1.165, 1.54) is 6.07 Å². The van der Waals surface area contributed by atoms with Crippen LogP contribution in [0.5, 0.6) is 0 Å². The lowest BCUT2D eigenvalue weighted by molar-refractivity contribution is -0.117. The summed E-state index contributed by atoms with van der Waals surface area (Å²) in [5.74, 6) is -0.378. The van der Waals surface area contributed by atoms with E-state index in [0.29, 0.717) is 6.54 Å². The van der Waals surface area contributed by atoms with Gasteiger partial charge in [-0.2, -0.15) is 0 Å². The molecule has 0 radical (unpaired) electrons. The molecule has 4 nitrogen and oxygen atoms in total. The molecule has 0 unspecified atom stereocenters. The molecule has 1 saturated heterocycles. The van der Waals surface area contributed by atoms with Crippen molar-refractivity contribution < 1.29 is 9.18 Å². The molecule has 0 bridgehead atoms. The van der Waals surface area contributed by atoms with Crippen LogP contribution >= 0.6 is 11.6 Å². The lowest BCUT2D eigenvalue weighted by Gasteiger charge is -2.21. The van der Waals surface area contributed by atoms with E-state index < -0.39 is 0 Å². The maximum Gasteiger partial charge on any atom is 0.238 e. The van der Waals surface area contributed by atoms with Crippen molar-refractivity contribution >= 4 is 23.2 Å². The van der Waals surface area contributed by atoms with Gasteiger partial charge < -0.3 is 5.32 Å². The molecule has 26 heavy (non-hydrogen) atoms. The second-order valence-electron chi connectivity index (χ2n) is 6.57. The van der Waals surface area contributed by atoms with Gasteiger partial charge in [-0.25, -0.2) is 4.39 Å². The van der Waals surface area contributed by atoms with Gasteiger partial charge in [-0.05, 0) is 49.3 Å². The number of hydrogen-bond acceptors (Lipinski definition) is 3. The molecular weight excluding hydrogens is 353 g/mol. The molecule has 1 heterocycles. The predicted molar refractivity (Wildman–Crippen MR) is 103 cm³/mol. The minimum atomic E-state index is -0.387. The lowest BCUT2D eigenvalue weighted by Crippen LogP contribution is -2.36. The van der Waals surface area contributed by atoms with Crippen LogP contribution in [0, 0.1) is 5.82 Å². The number of nitrogens with one attached hydrogen (secondary N) is 1. The van der Waals surface area contributed by atoms with Crippen molar-refractivity contribution in [3.8, 4) is 0 Å². The standard InChI is InChI=1S/C20H23ClFN3O/c21-18-13-16(7-8-19(18)22)14-24-9-4-10-25(12-11-24)15-20(26)23-17-5-2-1-3-6-17/h1-3,5-8,13H,4,9-12,14-15H2,(H,23,26). The lowest BCUT2D eigenvalue weighted by atomic mass is 10.2. The van der Waals surface area contributed by atoms with E-state index in [4.69, 9.17) is 11.6 Å². The summed E-state index contributed by atoms with van der Waals surface area (Å²) < 4.78 is 13.3. The van der Waals surface area contributed by atoms with E-state index in [1.807, 2.05) is 30.3 Å². The number of para-hydroxylation sites is 1. The number of benzene rings is 2. The van der Waals surface area contributed by atoms with Crippen molar-refractivity contribution in [1.29, 1.82) is 0 Å². The maximum absolute atomic E-state index is 13.3. The van der Waals surface area contributed by atoms with E-state index in [-0.39, 0.29) is 16.7 Å². The molecule has 1 fully saturated rings. The molecule has 0 spiro atoms. The molecule has 6 heteroatoms. The van der Waals surface area contributed by atoms with Crippen LogP contribution in [0.15, 0.2) is 48.5 Å². The van der Waals surface area contributed by atoms with Crippen LogP contribution in [-0.2, 0) is 11.3 Å². The van der Waals surface area contributed by atoms with Gasteiger partial charge in [0.1, 0.15) is 5.82 Å². The summed E-state index contributed by atoms with van der Waals surface area (Å²) in [5, 5.41) is 3.09. The van der Waals surface area contributed by atoms with E-state index in [0.717, 1.165) is 50.4 Å². The number of hydrogen-bond donors (Lipinski definition) is 1. The second-order valence-corrected chi connectivity index (χ2v) is 6.98. The second kappa shape index (κ2) is 9.12. The summed E-state index contributed by atoms with van der Waals surface area (Å²) in [7, 11) is 0. The third kappa shape index (κ3) is 5.53. The van der Waals surface area contributed by atoms with Crippen LogP contribution in [0.1, 0.15) is 12.0 Å². The van der Waals surface area contributed by atoms with E-state index in [1.54, 1.807) is 12.1 Å². The maximum atomic E-state index is 13.3. The quantitative estimate of drug-likeness (QED) is 0.866. The molecule has 1 aliphatic rings. The highest BCUT2D eigenvalue weighted by atomic mass is 35.5. The Labute approximate surface area is 158 Å². The molecule has 0 aromatic heterocycles. The number of rotatable bonds is 5. The molecule has 2 aromatic carbocycles. The summed E-state index contributed by atoms with van der Waals surface area (Å²) in [5.41, 5.74) is 1.83. The van der Waals surface area contributed by atoms with Crippen molar-refractivity contribution in [3.63, 3.8) is 0 Å². The zero-order chi connectivity index (χ0) is 18.4. The van der Waals surface area contributed by atoms with Crippen molar-refractivity contribution in [2.75, 3.05) is 38.0 Å². The van der Waals surface area contributed by atoms with Gasteiger partial charge in [-0.15, -0.1) is 0 Å². The van der Waals surface area contributed by atoms with Gasteiger partial charge in [-0.1, -0.05) is 35.9 Å². The summed E-state index contributed by atoms with van der Waals surface area (Å²) in [6, 6.07) is 14.4. The Kier molecular flexibility index (Phi) is 6.61. The fourth-order valence-electron chi connectivity index (χ4n) is 3.16. The molecule has 1 aliphatic heterocycles. The SMILES string of the molecule is O=C(CN1CCCN(Cc2ccc(F)c(Cl)c2)CC1)Nc1ccccc1. The third-order valence-corrected chi connectivity index (χ3v) is 4.79. The fourth-order valence-corrected chi connectivity index (χ4v) is 3.37. The first kappa shape index (κ1) is 18.8. The van der Waals surface area contributed by atoms with Crippen LogP contribution < -0.4 is 5.32 Å². The molecule has 1 amide bonds. The van der Waals surface area contributed by atoms with Gasteiger partial charge in [0.05, 0.1) is 11.6 Å². The van der Waals surface area contributed by atoms with Gasteiger partial charge in [0, 0.05) is 25.3 Å². The van der Waals surface area contributed by atoms with Gasteiger partial charge in [0.15, 0.2) is 0 Å². The number of amides is 1. The monoisotopic (exact) mass is 375 g/mol. The van der Waals surface area contributed by atoms with Crippen LogP contribution in [0.3, 0.4) is 0 Å². The summed E-state index contributed by atoms with van der Waals surface area (Å²) in [6.07, 6.45) is 0.994. The Morgan fingerprint density at radius 2 is 1.77 bits per heavy atom. The third-order valence-electron chi connectivity index (χ3n) is 4.50. The number of halogens is 2. The first-order chi connectivity index (χ1) is 12.6. The van der Waals surface area contributed by atoms with Crippen LogP contribution in [-0.4, -0.2) is 48.4 Å². The Bertz CT molecular complexity index is 741. The first-order valence-electron chi connectivity index (χ1n) is 8.84. The Morgan fingerprint density at radius 1 is 1.04 bits per heavy atom. The molecular formula is C20H23ClFN3O. The Hall–Kier alpha value is -1.95. The molecule has 138 valence electrons. The van der Waals surface area contributed by atoms with Crippen molar-refractivity contribution in [3.05, 3.63) is 64.9 Å². The minimum absolute atomic E-state index is 0.00923. The average Bonchev–Trinajstić information content (AvgIpc) is 2.84. The fraction of sp³-hybridized carbons (Fsp3) is 0.350. The molecule has 0 saturated carbocycles. The average molecular weight is 376 g/mol. The van der Waals surface area contributed by atoms with E-state index >= 15 is 0 Å². The topological polar surface area (TPSA) is 35.6 Å². The summed E-state index contributed by atoms with van der Waals surface area (Å²) in [6.45, 7) is 4.68. The summed E-state index contributed by atoms with van der Waals surface area (Å²) >= 11 is 5.86. The predicted octanol–water partition coefficient (Wildman–Crippen LogP) is 3.63. The largest absolute Gasteiger partial charge is 0.325 e. The molecule has 0 atom stereocenters. The van der Waals surface area contributed by atoms with Crippen molar-refractivity contribution in [2.45, 2.75) is 13.0 Å². The molecule has 3 rings (SSSR count). The molecule has 0 aliphatic carbocycles. The molecule has 2 aromatic rings. The van der Waals surface area contributed by atoms with E-state index in [2.05, 4.69) is 15.1 Å². The number of carbonyl (C=O) groups is 1.